The van der Waals surface area contributed by atoms with Crippen LogP contribution in [0, 0.1) is 42.9 Å². The van der Waals surface area contributed by atoms with Crippen LogP contribution in [0.4, 0.5) is 27.6 Å². The van der Waals surface area contributed by atoms with E-state index in [1.165, 1.54) is 11.3 Å². The lowest BCUT2D eigenvalue weighted by Gasteiger charge is -2.10. The first kappa shape index (κ1) is 14.7. The third kappa shape index (κ3) is 2.47. The molecule has 108 valence electrons. The van der Waals surface area contributed by atoms with Gasteiger partial charge in [-0.15, -0.1) is 11.3 Å². The second-order valence-electron chi connectivity index (χ2n) is 4.04. The number of halogens is 5. The molecule has 20 heavy (non-hydrogen) atoms. The monoisotopic (exact) mass is 308 g/mol. The molecule has 0 amide bonds. The average Bonchev–Trinajstić information content (AvgIpc) is 2.72. The van der Waals surface area contributed by atoms with E-state index in [1.807, 2.05) is 0 Å². The third-order valence-electron chi connectivity index (χ3n) is 2.64. The highest BCUT2D eigenvalue weighted by atomic mass is 32.1. The van der Waals surface area contributed by atoms with Crippen molar-refractivity contribution in [1.82, 2.24) is 4.98 Å². The lowest BCUT2D eigenvalue weighted by atomic mass is 10.2. The highest BCUT2D eigenvalue weighted by Crippen LogP contribution is 2.28. The van der Waals surface area contributed by atoms with Crippen molar-refractivity contribution in [3.8, 4) is 0 Å². The Morgan fingerprint density at radius 1 is 0.900 bits per heavy atom. The maximum atomic E-state index is 13.4. The summed E-state index contributed by atoms with van der Waals surface area (Å²) in [5.74, 6) is -9.86. The zero-order chi connectivity index (χ0) is 15.0. The van der Waals surface area contributed by atoms with Gasteiger partial charge in [-0.1, -0.05) is 0 Å². The van der Waals surface area contributed by atoms with Gasteiger partial charge in [0.25, 0.3) is 0 Å². The van der Waals surface area contributed by atoms with Gasteiger partial charge in [0, 0.05) is 4.88 Å². The molecule has 0 unspecified atom stereocenters. The zero-order valence-electron chi connectivity index (χ0n) is 10.5. The number of thiazole rings is 1. The average molecular weight is 308 g/mol. The fraction of sp³-hybridized carbons (Fsp3) is 0.250. The van der Waals surface area contributed by atoms with Gasteiger partial charge >= 0.3 is 0 Å². The predicted octanol–water partition coefficient (Wildman–Crippen LogP) is 4.07. The first-order valence-corrected chi connectivity index (χ1v) is 6.32. The maximum Gasteiger partial charge on any atom is 0.200 e. The Hall–Kier alpha value is -1.70. The van der Waals surface area contributed by atoms with E-state index in [-0.39, 0.29) is 6.54 Å². The molecule has 0 radical (unpaired) electrons. The van der Waals surface area contributed by atoms with Crippen LogP contribution >= 0.6 is 11.3 Å². The van der Waals surface area contributed by atoms with Crippen LogP contribution in [0.5, 0.6) is 0 Å². The van der Waals surface area contributed by atoms with Crippen molar-refractivity contribution in [2.24, 2.45) is 0 Å². The molecule has 0 aliphatic carbocycles. The molecule has 0 spiro atoms. The van der Waals surface area contributed by atoms with E-state index in [0.717, 1.165) is 5.01 Å². The third-order valence-corrected chi connectivity index (χ3v) is 3.71. The van der Waals surface area contributed by atoms with Crippen molar-refractivity contribution in [2.45, 2.75) is 20.4 Å². The quantitative estimate of drug-likeness (QED) is 0.525. The summed E-state index contributed by atoms with van der Waals surface area (Å²) in [6, 6.07) is 0. The largest absolute Gasteiger partial charge is 0.375 e. The van der Waals surface area contributed by atoms with E-state index in [9.17, 15) is 22.0 Å². The molecule has 1 aromatic carbocycles. The molecule has 2 aromatic rings. The van der Waals surface area contributed by atoms with Gasteiger partial charge in [-0.2, -0.15) is 0 Å². The van der Waals surface area contributed by atoms with E-state index in [0.29, 0.717) is 10.6 Å². The second kappa shape index (κ2) is 5.35. The van der Waals surface area contributed by atoms with Crippen molar-refractivity contribution < 1.29 is 22.0 Å². The molecule has 1 aromatic heterocycles. The lowest BCUT2D eigenvalue weighted by molar-refractivity contribution is 0.381. The minimum atomic E-state index is -2.17. The lowest BCUT2D eigenvalue weighted by Crippen LogP contribution is -2.09. The number of aryl methyl sites for hydroxylation is 2. The van der Waals surface area contributed by atoms with Crippen molar-refractivity contribution in [1.29, 1.82) is 0 Å². The predicted molar refractivity (Wildman–Crippen MR) is 65.1 cm³/mol. The van der Waals surface area contributed by atoms with Crippen molar-refractivity contribution >= 4 is 17.0 Å². The standard InChI is InChI=1S/C12H9F5N2S/c1-4-6(20-5(2)19-4)3-18-12-10(16)8(14)7(13)9(15)11(12)17/h18H,3H2,1-2H3. The van der Waals surface area contributed by atoms with Crippen LogP contribution in [0.1, 0.15) is 15.6 Å². The molecule has 8 heteroatoms. The van der Waals surface area contributed by atoms with Crippen molar-refractivity contribution in [3.05, 3.63) is 44.7 Å². The van der Waals surface area contributed by atoms with Gasteiger partial charge in [0.2, 0.25) is 5.82 Å². The van der Waals surface area contributed by atoms with Gasteiger partial charge in [0.15, 0.2) is 23.3 Å². The van der Waals surface area contributed by atoms with Gasteiger partial charge in [0.05, 0.1) is 17.2 Å². The van der Waals surface area contributed by atoms with E-state index in [2.05, 4.69) is 10.3 Å². The molecule has 0 fully saturated rings. The molecule has 1 heterocycles. The normalized spacial score (nSPS) is 10.9. The summed E-state index contributed by atoms with van der Waals surface area (Å²) in [7, 11) is 0. The van der Waals surface area contributed by atoms with Gasteiger partial charge in [0.1, 0.15) is 5.69 Å². The van der Waals surface area contributed by atoms with E-state index in [1.54, 1.807) is 13.8 Å². The van der Waals surface area contributed by atoms with Crippen LogP contribution < -0.4 is 5.32 Å². The van der Waals surface area contributed by atoms with Crippen LogP contribution in [0.3, 0.4) is 0 Å². The molecule has 0 aliphatic rings. The van der Waals surface area contributed by atoms with Crippen LogP contribution in [-0.2, 0) is 6.54 Å². The fourth-order valence-corrected chi connectivity index (χ4v) is 2.54. The molecular formula is C12H9F5N2S. The summed E-state index contributed by atoms with van der Waals surface area (Å²) < 4.78 is 65.7. The Morgan fingerprint density at radius 3 is 1.85 bits per heavy atom. The Bertz CT molecular complexity index is 639. The molecule has 0 aliphatic heterocycles. The molecule has 2 rings (SSSR count). The van der Waals surface area contributed by atoms with Crippen LogP contribution in [0.25, 0.3) is 0 Å². The number of anilines is 1. The number of rotatable bonds is 3. The summed E-state index contributed by atoms with van der Waals surface area (Å²) in [4.78, 5) is 4.76. The van der Waals surface area contributed by atoms with Crippen LogP contribution in [0.15, 0.2) is 0 Å². The summed E-state index contributed by atoms with van der Waals surface area (Å²) in [5, 5.41) is 2.98. The van der Waals surface area contributed by atoms with Gasteiger partial charge in [-0.3, -0.25) is 0 Å². The minimum Gasteiger partial charge on any atom is -0.375 e. The van der Waals surface area contributed by atoms with Gasteiger partial charge < -0.3 is 5.32 Å². The van der Waals surface area contributed by atoms with Gasteiger partial charge in [-0.25, -0.2) is 26.9 Å². The number of hydrogen-bond donors (Lipinski definition) is 1. The highest BCUT2D eigenvalue weighted by Gasteiger charge is 2.25. The number of aromatic nitrogens is 1. The molecular weight excluding hydrogens is 299 g/mol. The summed E-state index contributed by atoms with van der Waals surface area (Å²) in [5.41, 5.74) is -0.393. The molecule has 2 nitrogen and oxygen atoms in total. The number of nitrogens with zero attached hydrogens (tertiary/aromatic N) is 1. The van der Waals surface area contributed by atoms with Crippen molar-refractivity contribution in [2.75, 3.05) is 5.32 Å². The SMILES string of the molecule is Cc1nc(C)c(CNc2c(F)c(F)c(F)c(F)c2F)s1. The smallest absolute Gasteiger partial charge is 0.200 e. The second-order valence-corrected chi connectivity index (χ2v) is 5.33. The van der Waals surface area contributed by atoms with E-state index >= 15 is 0 Å². The Kier molecular flexibility index (Phi) is 3.94. The number of benzene rings is 1. The minimum absolute atomic E-state index is 0.0737. The maximum absolute atomic E-state index is 13.4. The number of hydrogen-bond acceptors (Lipinski definition) is 3. The van der Waals surface area contributed by atoms with Crippen LogP contribution in [0.2, 0.25) is 0 Å². The Balaban J connectivity index is 2.33. The van der Waals surface area contributed by atoms with E-state index < -0.39 is 34.8 Å². The van der Waals surface area contributed by atoms with E-state index in [4.69, 9.17) is 0 Å². The summed E-state index contributed by atoms with van der Waals surface area (Å²) in [6.45, 7) is 3.37. The zero-order valence-corrected chi connectivity index (χ0v) is 11.3. The molecule has 0 atom stereocenters. The number of nitrogens with one attached hydrogen (secondary N) is 1. The summed E-state index contributed by atoms with van der Waals surface area (Å²) in [6.07, 6.45) is 0. The topological polar surface area (TPSA) is 24.9 Å². The molecule has 1 N–H and O–H groups in total. The van der Waals surface area contributed by atoms with Crippen molar-refractivity contribution in [3.63, 3.8) is 0 Å². The Labute approximate surface area is 115 Å². The highest BCUT2D eigenvalue weighted by molar-refractivity contribution is 7.11. The Morgan fingerprint density at radius 2 is 1.40 bits per heavy atom. The first-order valence-electron chi connectivity index (χ1n) is 5.51. The molecule has 0 bridgehead atoms. The first-order chi connectivity index (χ1) is 9.32. The fourth-order valence-electron chi connectivity index (χ4n) is 1.67. The molecule has 0 saturated carbocycles. The summed E-state index contributed by atoms with van der Waals surface area (Å²) >= 11 is 1.28. The van der Waals surface area contributed by atoms with Gasteiger partial charge in [-0.05, 0) is 13.8 Å². The van der Waals surface area contributed by atoms with Crippen LogP contribution in [-0.4, -0.2) is 4.98 Å². The molecule has 0 saturated heterocycles.